The van der Waals surface area contributed by atoms with E-state index < -0.39 is 12.4 Å². The third kappa shape index (κ3) is 3.77. The lowest BCUT2D eigenvalue weighted by Crippen LogP contribution is -2.21. The molecule has 2 aromatic rings. The van der Waals surface area contributed by atoms with Crippen LogP contribution in [0.3, 0.4) is 0 Å². The van der Waals surface area contributed by atoms with Gasteiger partial charge in [0.15, 0.2) is 11.5 Å². The normalized spacial score (nSPS) is 16.5. The minimum Gasteiger partial charge on any atom is -0.428 e. The molecule has 5 nitrogen and oxygen atoms in total. The lowest BCUT2D eigenvalue weighted by atomic mass is 9.98. The lowest BCUT2D eigenvalue weighted by Gasteiger charge is -2.11. The van der Waals surface area contributed by atoms with Gasteiger partial charge in [0, 0.05) is 0 Å². The standard InChI is InChI=1S/C20H22O5/c1-4-13(3)14-9-11-15(12-10-14)19(21)23-16-7-6-8-17-18(16)25-20(24-17)22-5-2/h6-13,20H,4-5H2,1-3H3. The van der Waals surface area contributed by atoms with Crippen LogP contribution in [-0.2, 0) is 4.74 Å². The van der Waals surface area contributed by atoms with Gasteiger partial charge in [-0.15, -0.1) is 0 Å². The van der Waals surface area contributed by atoms with Gasteiger partial charge in [0.1, 0.15) is 0 Å². The molecule has 0 saturated heterocycles. The molecule has 0 spiro atoms. The molecule has 0 N–H and O–H groups in total. The van der Waals surface area contributed by atoms with Crippen molar-refractivity contribution in [1.82, 2.24) is 0 Å². The summed E-state index contributed by atoms with van der Waals surface area (Å²) < 4.78 is 21.8. The van der Waals surface area contributed by atoms with Gasteiger partial charge in [-0.3, -0.25) is 0 Å². The van der Waals surface area contributed by atoms with E-state index in [1.807, 2.05) is 19.1 Å². The summed E-state index contributed by atoms with van der Waals surface area (Å²) in [5.74, 6) is 1.22. The maximum Gasteiger partial charge on any atom is 0.361 e. The molecule has 0 radical (unpaired) electrons. The molecule has 0 saturated carbocycles. The Morgan fingerprint density at radius 2 is 1.88 bits per heavy atom. The van der Waals surface area contributed by atoms with Crippen LogP contribution in [-0.4, -0.2) is 19.1 Å². The highest BCUT2D eigenvalue weighted by Gasteiger charge is 2.29. The van der Waals surface area contributed by atoms with E-state index in [0.29, 0.717) is 35.3 Å². The number of para-hydroxylation sites is 1. The van der Waals surface area contributed by atoms with Crippen LogP contribution >= 0.6 is 0 Å². The first-order chi connectivity index (χ1) is 12.1. The van der Waals surface area contributed by atoms with E-state index in [9.17, 15) is 4.79 Å². The van der Waals surface area contributed by atoms with Crippen LogP contribution in [0.4, 0.5) is 0 Å². The van der Waals surface area contributed by atoms with Gasteiger partial charge in [-0.2, -0.15) is 0 Å². The lowest BCUT2D eigenvalue weighted by molar-refractivity contribution is -0.173. The second kappa shape index (κ2) is 7.57. The molecule has 3 rings (SSSR count). The Morgan fingerprint density at radius 3 is 2.56 bits per heavy atom. The molecule has 0 aromatic heterocycles. The molecule has 0 amide bonds. The summed E-state index contributed by atoms with van der Waals surface area (Å²) in [7, 11) is 0. The molecule has 2 aromatic carbocycles. The highest BCUT2D eigenvalue weighted by atomic mass is 16.9. The molecule has 25 heavy (non-hydrogen) atoms. The third-order valence-corrected chi connectivity index (χ3v) is 4.21. The van der Waals surface area contributed by atoms with E-state index in [1.165, 1.54) is 5.56 Å². The number of carbonyl (C=O) groups excluding carboxylic acids is 1. The summed E-state index contributed by atoms with van der Waals surface area (Å²) >= 11 is 0. The Kier molecular flexibility index (Phi) is 5.24. The zero-order valence-electron chi connectivity index (χ0n) is 14.7. The Balaban J connectivity index is 1.73. The van der Waals surface area contributed by atoms with Crippen molar-refractivity contribution in [3.05, 3.63) is 53.6 Å². The number of benzene rings is 2. The summed E-state index contributed by atoms with van der Waals surface area (Å²) in [5.41, 5.74) is 1.70. The average molecular weight is 342 g/mol. The first-order valence-corrected chi connectivity index (χ1v) is 8.52. The zero-order valence-corrected chi connectivity index (χ0v) is 14.7. The molecule has 2 atom stereocenters. The predicted octanol–water partition coefficient (Wildman–Crippen LogP) is 4.51. The van der Waals surface area contributed by atoms with Crippen molar-refractivity contribution in [1.29, 1.82) is 0 Å². The summed E-state index contributed by atoms with van der Waals surface area (Å²) in [4.78, 5) is 12.4. The molecule has 0 aliphatic carbocycles. The number of ether oxygens (including phenoxy) is 4. The summed E-state index contributed by atoms with van der Waals surface area (Å²) in [6.45, 7) is 5.79. The van der Waals surface area contributed by atoms with E-state index in [0.717, 1.165) is 6.42 Å². The smallest absolute Gasteiger partial charge is 0.361 e. The summed E-state index contributed by atoms with van der Waals surface area (Å²) in [6, 6.07) is 12.6. The largest absolute Gasteiger partial charge is 0.428 e. The predicted molar refractivity (Wildman–Crippen MR) is 93.2 cm³/mol. The fraction of sp³-hybridized carbons (Fsp3) is 0.350. The molecular formula is C20H22O5. The maximum atomic E-state index is 12.4. The Labute approximate surface area is 147 Å². The second-order valence-corrected chi connectivity index (χ2v) is 5.88. The number of fused-ring (bicyclic) bond motifs is 1. The number of hydrogen-bond donors (Lipinski definition) is 0. The first kappa shape index (κ1) is 17.3. The van der Waals surface area contributed by atoms with Crippen LogP contribution in [0.15, 0.2) is 42.5 Å². The summed E-state index contributed by atoms with van der Waals surface area (Å²) in [6.07, 6.45) is 1.05. The summed E-state index contributed by atoms with van der Waals surface area (Å²) in [5, 5.41) is 0. The molecule has 1 heterocycles. The zero-order chi connectivity index (χ0) is 17.8. The van der Waals surface area contributed by atoms with Crippen LogP contribution in [0, 0.1) is 0 Å². The van der Waals surface area contributed by atoms with Crippen molar-refractivity contribution in [2.75, 3.05) is 6.61 Å². The number of rotatable bonds is 6. The number of hydrogen-bond acceptors (Lipinski definition) is 5. The minimum absolute atomic E-state index is 0.315. The molecule has 0 fully saturated rings. The van der Waals surface area contributed by atoms with Crippen LogP contribution in [0.25, 0.3) is 0 Å². The van der Waals surface area contributed by atoms with Gasteiger partial charge in [0.25, 0.3) is 0 Å². The van der Waals surface area contributed by atoms with Crippen LogP contribution in [0.1, 0.15) is 49.0 Å². The van der Waals surface area contributed by atoms with Gasteiger partial charge in [-0.1, -0.05) is 32.0 Å². The van der Waals surface area contributed by atoms with Crippen LogP contribution in [0.5, 0.6) is 17.2 Å². The van der Waals surface area contributed by atoms with E-state index in [1.54, 1.807) is 30.3 Å². The molecular weight excluding hydrogens is 320 g/mol. The second-order valence-electron chi connectivity index (χ2n) is 5.88. The topological polar surface area (TPSA) is 54.0 Å². The highest BCUT2D eigenvalue weighted by Crippen LogP contribution is 2.43. The van der Waals surface area contributed by atoms with Crippen LogP contribution < -0.4 is 14.2 Å². The quantitative estimate of drug-likeness (QED) is 0.571. The SMILES string of the molecule is CCOC1Oc2cccc(OC(=O)c3ccc(C(C)CC)cc3)c2O1. The fourth-order valence-electron chi connectivity index (χ4n) is 2.56. The van der Waals surface area contributed by atoms with Gasteiger partial charge in [-0.05, 0) is 49.1 Å². The van der Waals surface area contributed by atoms with E-state index >= 15 is 0 Å². The fourth-order valence-corrected chi connectivity index (χ4v) is 2.56. The highest BCUT2D eigenvalue weighted by molar-refractivity contribution is 5.91. The number of esters is 1. The molecule has 1 aliphatic heterocycles. The van der Waals surface area contributed by atoms with Gasteiger partial charge in [-0.25, -0.2) is 4.79 Å². The Bertz CT molecular complexity index is 738. The molecule has 2 unspecified atom stereocenters. The van der Waals surface area contributed by atoms with Crippen LogP contribution in [0.2, 0.25) is 0 Å². The average Bonchev–Trinajstić information content (AvgIpc) is 3.05. The van der Waals surface area contributed by atoms with Crippen molar-refractivity contribution in [3.8, 4) is 17.2 Å². The van der Waals surface area contributed by atoms with Crippen molar-refractivity contribution in [2.24, 2.45) is 0 Å². The van der Waals surface area contributed by atoms with Gasteiger partial charge >= 0.3 is 12.4 Å². The van der Waals surface area contributed by atoms with Crippen molar-refractivity contribution in [3.63, 3.8) is 0 Å². The van der Waals surface area contributed by atoms with E-state index in [2.05, 4.69) is 13.8 Å². The minimum atomic E-state index is -0.810. The maximum absolute atomic E-state index is 12.4. The Hall–Kier alpha value is -2.53. The van der Waals surface area contributed by atoms with E-state index in [4.69, 9.17) is 18.9 Å². The molecule has 5 heteroatoms. The molecule has 132 valence electrons. The molecule has 0 bridgehead atoms. The van der Waals surface area contributed by atoms with E-state index in [-0.39, 0.29) is 0 Å². The first-order valence-electron chi connectivity index (χ1n) is 8.52. The van der Waals surface area contributed by atoms with Gasteiger partial charge in [0.2, 0.25) is 5.75 Å². The van der Waals surface area contributed by atoms with Crippen molar-refractivity contribution < 1.29 is 23.7 Å². The monoisotopic (exact) mass is 342 g/mol. The third-order valence-electron chi connectivity index (χ3n) is 4.21. The van der Waals surface area contributed by atoms with Gasteiger partial charge in [0.05, 0.1) is 12.2 Å². The van der Waals surface area contributed by atoms with Gasteiger partial charge < -0.3 is 18.9 Å². The molecule has 1 aliphatic rings. The Morgan fingerprint density at radius 1 is 1.12 bits per heavy atom. The van der Waals surface area contributed by atoms with Crippen molar-refractivity contribution in [2.45, 2.75) is 39.6 Å². The number of carbonyl (C=O) groups is 1. The van der Waals surface area contributed by atoms with Crippen molar-refractivity contribution >= 4 is 5.97 Å².